The summed E-state index contributed by atoms with van der Waals surface area (Å²) in [7, 11) is 0. The molecule has 134 valence electrons. The Hall–Kier alpha value is -1.61. The summed E-state index contributed by atoms with van der Waals surface area (Å²) >= 11 is 3.23. The first-order valence-corrected chi connectivity index (χ1v) is 10.3. The summed E-state index contributed by atoms with van der Waals surface area (Å²) in [6.45, 7) is 1.78. The van der Waals surface area contributed by atoms with E-state index in [4.69, 9.17) is 4.52 Å². The molecule has 0 atom stereocenters. The minimum absolute atomic E-state index is 0.0729. The second kappa shape index (κ2) is 9.19. The number of aryl methyl sites for hydroxylation is 1. The second-order valence-corrected chi connectivity index (χ2v) is 8.17. The molecule has 0 aromatic carbocycles. The van der Waals surface area contributed by atoms with Gasteiger partial charge in [-0.3, -0.25) is 4.79 Å². The molecule has 2 aromatic rings. The summed E-state index contributed by atoms with van der Waals surface area (Å²) < 4.78 is 5.03. The fourth-order valence-corrected chi connectivity index (χ4v) is 4.43. The van der Waals surface area contributed by atoms with Gasteiger partial charge >= 0.3 is 0 Å². The molecular weight excluding hydrogens is 358 g/mol. The lowest BCUT2D eigenvalue weighted by Crippen LogP contribution is -2.39. The lowest BCUT2D eigenvalue weighted by molar-refractivity contribution is -0.119. The molecule has 0 radical (unpaired) electrons. The van der Waals surface area contributed by atoms with E-state index in [1.165, 1.54) is 11.8 Å². The van der Waals surface area contributed by atoms with Crippen molar-refractivity contribution < 1.29 is 9.32 Å². The largest absolute Gasteiger partial charge is 0.353 e. The van der Waals surface area contributed by atoms with Crippen LogP contribution in [0.5, 0.6) is 0 Å². The fraction of sp³-hybridized carbons (Fsp3) is 0.562. The zero-order valence-electron chi connectivity index (χ0n) is 14.1. The molecule has 0 aliphatic heterocycles. The molecule has 1 amide bonds. The normalized spacial score (nSPS) is 20.4. The average molecular weight is 380 g/mol. The fourth-order valence-electron chi connectivity index (χ4n) is 2.72. The van der Waals surface area contributed by atoms with Crippen molar-refractivity contribution >= 4 is 29.4 Å². The van der Waals surface area contributed by atoms with Crippen LogP contribution in [0.15, 0.2) is 28.1 Å². The van der Waals surface area contributed by atoms with Crippen molar-refractivity contribution in [2.75, 3.05) is 5.75 Å². The Morgan fingerprint density at radius 3 is 2.72 bits per heavy atom. The first kappa shape index (κ1) is 18.2. The number of thioether (sulfide) groups is 2. The molecule has 1 saturated carbocycles. The van der Waals surface area contributed by atoms with Crippen molar-refractivity contribution in [2.45, 2.75) is 54.8 Å². The van der Waals surface area contributed by atoms with E-state index in [2.05, 4.69) is 25.4 Å². The molecule has 1 N–H and O–H groups in total. The van der Waals surface area contributed by atoms with Gasteiger partial charge < -0.3 is 9.84 Å². The van der Waals surface area contributed by atoms with Gasteiger partial charge in [-0.15, -0.1) is 11.8 Å². The van der Waals surface area contributed by atoms with Gasteiger partial charge in [0.2, 0.25) is 11.8 Å². The van der Waals surface area contributed by atoms with Crippen LogP contribution in [0.1, 0.15) is 37.4 Å². The SMILES string of the molecule is Cc1noc(CSCC(=O)NC2CCC(Sc3ncccn3)CC2)n1. The Kier molecular flexibility index (Phi) is 6.69. The summed E-state index contributed by atoms with van der Waals surface area (Å²) in [4.78, 5) is 24.7. The summed E-state index contributed by atoms with van der Waals surface area (Å²) in [6, 6.07) is 2.10. The third kappa shape index (κ3) is 6.00. The molecule has 0 spiro atoms. The Balaban J connectivity index is 1.32. The Morgan fingerprint density at radius 2 is 2.04 bits per heavy atom. The van der Waals surface area contributed by atoms with Crippen LogP contribution < -0.4 is 5.32 Å². The summed E-state index contributed by atoms with van der Waals surface area (Å²) in [5.41, 5.74) is 0. The Labute approximate surface area is 155 Å². The highest BCUT2D eigenvalue weighted by Crippen LogP contribution is 2.31. The number of carbonyl (C=O) groups excluding carboxylic acids is 1. The molecule has 9 heteroatoms. The summed E-state index contributed by atoms with van der Waals surface area (Å²) in [6.07, 6.45) is 7.70. The van der Waals surface area contributed by atoms with Gasteiger partial charge in [0.15, 0.2) is 11.0 Å². The van der Waals surface area contributed by atoms with Crippen LogP contribution in [0.3, 0.4) is 0 Å². The maximum atomic E-state index is 12.1. The van der Waals surface area contributed by atoms with E-state index in [1.54, 1.807) is 31.1 Å². The van der Waals surface area contributed by atoms with Gasteiger partial charge in [0.1, 0.15) is 0 Å². The number of hydrogen-bond donors (Lipinski definition) is 1. The predicted octanol–water partition coefficient (Wildman–Crippen LogP) is 2.62. The molecule has 3 rings (SSSR count). The molecule has 2 heterocycles. The topological polar surface area (TPSA) is 93.8 Å². The number of nitrogens with zero attached hydrogens (tertiary/aromatic N) is 4. The van der Waals surface area contributed by atoms with Crippen molar-refractivity contribution in [1.29, 1.82) is 0 Å². The van der Waals surface area contributed by atoms with Crippen LogP contribution in [0, 0.1) is 6.92 Å². The average Bonchev–Trinajstić information content (AvgIpc) is 3.03. The smallest absolute Gasteiger partial charge is 0.236 e. The van der Waals surface area contributed by atoms with Gasteiger partial charge in [-0.05, 0) is 38.7 Å². The molecule has 0 saturated heterocycles. The van der Waals surface area contributed by atoms with Crippen LogP contribution in [0.25, 0.3) is 0 Å². The first-order valence-electron chi connectivity index (χ1n) is 8.29. The molecule has 25 heavy (non-hydrogen) atoms. The molecule has 1 fully saturated rings. The maximum absolute atomic E-state index is 12.1. The molecule has 2 aromatic heterocycles. The minimum Gasteiger partial charge on any atom is -0.353 e. The number of nitrogens with one attached hydrogen (secondary N) is 1. The minimum atomic E-state index is 0.0729. The molecular formula is C16H21N5O2S2. The molecule has 1 aliphatic rings. The van der Waals surface area contributed by atoms with Gasteiger partial charge in [0.25, 0.3) is 0 Å². The van der Waals surface area contributed by atoms with Gasteiger partial charge in [-0.1, -0.05) is 16.9 Å². The van der Waals surface area contributed by atoms with Crippen molar-refractivity contribution in [3.63, 3.8) is 0 Å². The maximum Gasteiger partial charge on any atom is 0.236 e. The van der Waals surface area contributed by atoms with Crippen LogP contribution in [-0.2, 0) is 10.5 Å². The zero-order valence-corrected chi connectivity index (χ0v) is 15.7. The number of amides is 1. The predicted molar refractivity (Wildman–Crippen MR) is 97.3 cm³/mol. The lowest BCUT2D eigenvalue weighted by atomic mass is 9.95. The lowest BCUT2D eigenvalue weighted by Gasteiger charge is -2.28. The van der Waals surface area contributed by atoms with E-state index >= 15 is 0 Å². The quantitative estimate of drug-likeness (QED) is 0.734. The molecule has 0 bridgehead atoms. The van der Waals surface area contributed by atoms with E-state index < -0.39 is 0 Å². The summed E-state index contributed by atoms with van der Waals surface area (Å²) in [5.74, 6) is 2.23. The number of carbonyl (C=O) groups is 1. The van der Waals surface area contributed by atoms with Crippen molar-refractivity contribution in [3.05, 3.63) is 30.2 Å². The van der Waals surface area contributed by atoms with Gasteiger partial charge in [0, 0.05) is 23.7 Å². The van der Waals surface area contributed by atoms with E-state index in [0.717, 1.165) is 30.8 Å². The number of aromatic nitrogens is 4. The van der Waals surface area contributed by atoms with E-state index in [-0.39, 0.29) is 11.9 Å². The Bertz CT molecular complexity index is 674. The number of hydrogen-bond acceptors (Lipinski definition) is 8. The van der Waals surface area contributed by atoms with Crippen molar-refractivity contribution in [2.24, 2.45) is 0 Å². The third-order valence-electron chi connectivity index (χ3n) is 3.88. The van der Waals surface area contributed by atoms with Gasteiger partial charge in [0.05, 0.1) is 11.5 Å². The van der Waals surface area contributed by atoms with Crippen molar-refractivity contribution in [3.8, 4) is 0 Å². The highest BCUT2D eigenvalue weighted by molar-refractivity contribution is 7.99. The monoisotopic (exact) mass is 379 g/mol. The first-order chi connectivity index (χ1) is 12.2. The van der Waals surface area contributed by atoms with Crippen LogP contribution >= 0.6 is 23.5 Å². The van der Waals surface area contributed by atoms with E-state index in [1.807, 2.05) is 6.07 Å². The Morgan fingerprint density at radius 1 is 1.28 bits per heavy atom. The van der Waals surface area contributed by atoms with Crippen LogP contribution in [0.2, 0.25) is 0 Å². The van der Waals surface area contributed by atoms with Gasteiger partial charge in [-0.2, -0.15) is 4.98 Å². The highest BCUT2D eigenvalue weighted by Gasteiger charge is 2.23. The molecule has 0 unspecified atom stereocenters. The van der Waals surface area contributed by atoms with Crippen LogP contribution in [-0.4, -0.2) is 43.1 Å². The van der Waals surface area contributed by atoms with E-state index in [0.29, 0.717) is 28.5 Å². The summed E-state index contributed by atoms with van der Waals surface area (Å²) in [5, 5.41) is 8.23. The zero-order chi connectivity index (χ0) is 17.5. The molecule has 7 nitrogen and oxygen atoms in total. The molecule has 1 aliphatic carbocycles. The van der Waals surface area contributed by atoms with Gasteiger partial charge in [-0.25, -0.2) is 9.97 Å². The van der Waals surface area contributed by atoms with Crippen molar-refractivity contribution in [1.82, 2.24) is 25.4 Å². The second-order valence-electron chi connectivity index (χ2n) is 5.92. The van der Waals surface area contributed by atoms with E-state index in [9.17, 15) is 4.79 Å². The highest BCUT2D eigenvalue weighted by atomic mass is 32.2. The number of rotatable bonds is 7. The standard InChI is InChI=1S/C16H21N5O2S2/c1-11-19-15(23-21-11)10-24-9-14(22)20-12-3-5-13(6-4-12)25-16-17-7-2-8-18-16/h2,7-8,12-13H,3-6,9-10H2,1H3,(H,20,22). The van der Waals surface area contributed by atoms with Crippen LogP contribution in [0.4, 0.5) is 0 Å². The third-order valence-corrected chi connectivity index (χ3v) is 6.03.